The second kappa shape index (κ2) is 6.78. The van der Waals surface area contributed by atoms with Crippen molar-refractivity contribution >= 4 is 5.91 Å². The molecular formula is C18H23NO2. The van der Waals surface area contributed by atoms with Crippen molar-refractivity contribution in [1.29, 1.82) is 0 Å². The zero-order valence-corrected chi connectivity index (χ0v) is 12.8. The molecule has 1 saturated carbocycles. The fraction of sp³-hybridized carbons (Fsp3) is 0.500. The van der Waals surface area contributed by atoms with Crippen molar-refractivity contribution in [2.45, 2.75) is 39.5 Å². The molecule has 0 saturated heterocycles. The lowest BCUT2D eigenvalue weighted by molar-refractivity contribution is 0.0944. The van der Waals surface area contributed by atoms with Gasteiger partial charge in [0.1, 0.15) is 0 Å². The van der Waals surface area contributed by atoms with Crippen molar-refractivity contribution in [3.63, 3.8) is 0 Å². The first-order valence-electron chi connectivity index (χ1n) is 7.58. The molecular weight excluding hydrogens is 262 g/mol. The predicted octanol–water partition coefficient (Wildman–Crippen LogP) is 2.65. The first kappa shape index (κ1) is 15.6. The molecule has 3 heteroatoms. The van der Waals surface area contributed by atoms with Crippen LogP contribution in [0.25, 0.3) is 0 Å². The van der Waals surface area contributed by atoms with Gasteiger partial charge in [0, 0.05) is 24.1 Å². The Morgan fingerprint density at radius 1 is 1.38 bits per heavy atom. The Morgan fingerprint density at radius 3 is 2.76 bits per heavy atom. The molecule has 0 aliphatic heterocycles. The van der Waals surface area contributed by atoms with E-state index in [0.717, 1.165) is 24.1 Å². The number of rotatable bonds is 5. The van der Waals surface area contributed by atoms with Gasteiger partial charge in [-0.05, 0) is 55.4 Å². The monoisotopic (exact) mass is 285 g/mol. The van der Waals surface area contributed by atoms with E-state index in [2.05, 4.69) is 24.1 Å². The Kier molecular flexibility index (Phi) is 5.03. The summed E-state index contributed by atoms with van der Waals surface area (Å²) in [6.07, 6.45) is 4.01. The van der Waals surface area contributed by atoms with Crippen LogP contribution >= 0.6 is 0 Å². The Balaban J connectivity index is 2.05. The molecule has 1 aromatic carbocycles. The Hall–Kier alpha value is -1.79. The molecule has 1 aliphatic rings. The van der Waals surface area contributed by atoms with Gasteiger partial charge in [-0.2, -0.15) is 0 Å². The molecule has 112 valence electrons. The Bertz CT molecular complexity index is 577. The lowest BCUT2D eigenvalue weighted by Crippen LogP contribution is -2.30. The standard InChI is InChI=1S/C18H23NO2/c1-3-18(7-8-18)13-19-17(21)16-11-14(2)10-15(12-16)6-4-5-9-20/h10-12,20H,3,5,7-9,13H2,1-2H3,(H,19,21). The van der Waals surface area contributed by atoms with E-state index in [1.807, 2.05) is 25.1 Å². The third kappa shape index (κ3) is 4.34. The molecule has 0 atom stereocenters. The molecule has 0 spiro atoms. The molecule has 21 heavy (non-hydrogen) atoms. The van der Waals surface area contributed by atoms with E-state index in [1.165, 1.54) is 12.8 Å². The summed E-state index contributed by atoms with van der Waals surface area (Å²) in [4.78, 5) is 12.3. The van der Waals surface area contributed by atoms with Gasteiger partial charge >= 0.3 is 0 Å². The SMILES string of the molecule is CCC1(CNC(=O)c2cc(C)cc(C#CCCO)c2)CC1. The van der Waals surface area contributed by atoms with Gasteiger partial charge in [-0.15, -0.1) is 0 Å². The van der Waals surface area contributed by atoms with E-state index >= 15 is 0 Å². The van der Waals surface area contributed by atoms with Gasteiger partial charge in [0.25, 0.3) is 5.91 Å². The number of aryl methyl sites for hydroxylation is 1. The average molecular weight is 285 g/mol. The first-order valence-corrected chi connectivity index (χ1v) is 7.58. The zero-order valence-electron chi connectivity index (χ0n) is 12.8. The fourth-order valence-corrected chi connectivity index (χ4v) is 2.41. The van der Waals surface area contributed by atoms with Gasteiger partial charge < -0.3 is 10.4 Å². The smallest absolute Gasteiger partial charge is 0.251 e. The van der Waals surface area contributed by atoms with E-state index in [0.29, 0.717) is 17.4 Å². The number of hydrogen-bond donors (Lipinski definition) is 2. The van der Waals surface area contributed by atoms with Crippen LogP contribution in [-0.4, -0.2) is 24.2 Å². The second-order valence-corrected chi connectivity index (χ2v) is 5.90. The number of aliphatic hydroxyl groups is 1. The van der Waals surface area contributed by atoms with E-state index in [4.69, 9.17) is 5.11 Å². The maximum Gasteiger partial charge on any atom is 0.251 e. The van der Waals surface area contributed by atoms with Gasteiger partial charge in [-0.25, -0.2) is 0 Å². The summed E-state index contributed by atoms with van der Waals surface area (Å²) in [5, 5.41) is 11.8. The molecule has 3 nitrogen and oxygen atoms in total. The maximum atomic E-state index is 12.3. The predicted molar refractivity (Wildman–Crippen MR) is 84.1 cm³/mol. The van der Waals surface area contributed by atoms with Crippen LogP contribution in [0.15, 0.2) is 18.2 Å². The van der Waals surface area contributed by atoms with Crippen LogP contribution < -0.4 is 5.32 Å². The summed E-state index contributed by atoms with van der Waals surface area (Å²) in [6.45, 7) is 4.97. The zero-order chi connectivity index (χ0) is 15.3. The van der Waals surface area contributed by atoms with Crippen LogP contribution in [0, 0.1) is 24.2 Å². The van der Waals surface area contributed by atoms with Crippen molar-refractivity contribution < 1.29 is 9.90 Å². The summed E-state index contributed by atoms with van der Waals surface area (Å²) in [7, 11) is 0. The van der Waals surface area contributed by atoms with Gasteiger partial charge in [-0.1, -0.05) is 18.8 Å². The highest BCUT2D eigenvalue weighted by Crippen LogP contribution is 2.47. The third-order valence-corrected chi connectivity index (χ3v) is 4.14. The van der Waals surface area contributed by atoms with Crippen LogP contribution in [0.5, 0.6) is 0 Å². The lowest BCUT2D eigenvalue weighted by atomic mass is 10.0. The first-order chi connectivity index (χ1) is 10.1. The van der Waals surface area contributed by atoms with Crippen molar-refractivity contribution in [2.75, 3.05) is 13.2 Å². The maximum absolute atomic E-state index is 12.3. The molecule has 1 aromatic rings. The number of benzene rings is 1. The van der Waals surface area contributed by atoms with Crippen molar-refractivity contribution in [2.24, 2.45) is 5.41 Å². The largest absolute Gasteiger partial charge is 0.395 e. The van der Waals surface area contributed by atoms with E-state index in [9.17, 15) is 4.79 Å². The highest BCUT2D eigenvalue weighted by molar-refractivity contribution is 5.94. The van der Waals surface area contributed by atoms with Gasteiger partial charge in [0.05, 0.1) is 6.61 Å². The normalized spacial score (nSPS) is 15.0. The number of aliphatic hydroxyl groups excluding tert-OH is 1. The second-order valence-electron chi connectivity index (χ2n) is 5.90. The fourth-order valence-electron chi connectivity index (χ4n) is 2.41. The lowest BCUT2D eigenvalue weighted by Gasteiger charge is -2.13. The molecule has 0 unspecified atom stereocenters. The van der Waals surface area contributed by atoms with Gasteiger partial charge in [0.15, 0.2) is 0 Å². The van der Waals surface area contributed by atoms with Crippen LogP contribution in [-0.2, 0) is 0 Å². The highest BCUT2D eigenvalue weighted by atomic mass is 16.2. The molecule has 0 bridgehead atoms. The summed E-state index contributed by atoms with van der Waals surface area (Å²) >= 11 is 0. The van der Waals surface area contributed by atoms with Crippen LogP contribution in [0.4, 0.5) is 0 Å². The van der Waals surface area contributed by atoms with Crippen molar-refractivity contribution in [3.05, 3.63) is 34.9 Å². The van der Waals surface area contributed by atoms with E-state index in [1.54, 1.807) is 0 Å². The summed E-state index contributed by atoms with van der Waals surface area (Å²) in [6, 6.07) is 5.66. The molecule has 2 N–H and O–H groups in total. The number of hydrogen-bond acceptors (Lipinski definition) is 2. The number of carbonyl (C=O) groups excluding carboxylic acids is 1. The van der Waals surface area contributed by atoms with Gasteiger partial charge in [0.2, 0.25) is 0 Å². The minimum atomic E-state index is -0.0244. The minimum absolute atomic E-state index is 0.0244. The molecule has 0 aromatic heterocycles. The summed E-state index contributed by atoms with van der Waals surface area (Å²) in [5.74, 6) is 5.85. The van der Waals surface area contributed by atoms with Crippen molar-refractivity contribution in [3.8, 4) is 11.8 Å². The summed E-state index contributed by atoms with van der Waals surface area (Å²) < 4.78 is 0. The van der Waals surface area contributed by atoms with Crippen LogP contribution in [0.2, 0.25) is 0 Å². The number of nitrogens with one attached hydrogen (secondary N) is 1. The van der Waals surface area contributed by atoms with Crippen molar-refractivity contribution in [1.82, 2.24) is 5.32 Å². The quantitative estimate of drug-likeness (QED) is 0.817. The minimum Gasteiger partial charge on any atom is -0.395 e. The number of amides is 1. The topological polar surface area (TPSA) is 49.3 Å². The number of carbonyl (C=O) groups is 1. The molecule has 0 heterocycles. The highest BCUT2D eigenvalue weighted by Gasteiger charge is 2.40. The molecule has 0 radical (unpaired) electrons. The average Bonchev–Trinajstić information content (AvgIpc) is 3.25. The van der Waals surface area contributed by atoms with E-state index in [-0.39, 0.29) is 12.5 Å². The molecule has 2 rings (SSSR count). The van der Waals surface area contributed by atoms with Crippen LogP contribution in [0.1, 0.15) is 54.1 Å². The van der Waals surface area contributed by atoms with Crippen LogP contribution in [0.3, 0.4) is 0 Å². The molecule has 1 aliphatic carbocycles. The summed E-state index contributed by atoms with van der Waals surface area (Å²) in [5.41, 5.74) is 2.86. The van der Waals surface area contributed by atoms with E-state index < -0.39 is 0 Å². The Labute approximate surface area is 126 Å². The Morgan fingerprint density at radius 2 is 2.14 bits per heavy atom. The molecule has 1 fully saturated rings. The third-order valence-electron chi connectivity index (χ3n) is 4.14. The molecule has 1 amide bonds. The van der Waals surface area contributed by atoms with Gasteiger partial charge in [-0.3, -0.25) is 4.79 Å².